The summed E-state index contributed by atoms with van der Waals surface area (Å²) in [5.74, 6) is 1.22. The molecule has 0 amide bonds. The number of pyridine rings is 1. The number of nitrogens with two attached hydrogens (primary N) is 1. The Kier molecular flexibility index (Phi) is 3.06. The molecule has 3 aromatic rings. The Morgan fingerprint density at radius 3 is 2.70 bits per heavy atom. The van der Waals surface area contributed by atoms with E-state index < -0.39 is 0 Å². The zero-order chi connectivity index (χ0) is 14.1. The minimum absolute atomic E-state index is 0.549. The van der Waals surface area contributed by atoms with Crippen molar-refractivity contribution in [3.63, 3.8) is 0 Å². The lowest BCUT2D eigenvalue weighted by molar-refractivity contribution is 0.983. The van der Waals surface area contributed by atoms with Gasteiger partial charge < -0.3 is 5.73 Å². The van der Waals surface area contributed by atoms with E-state index in [2.05, 4.69) is 21.9 Å². The third-order valence-electron chi connectivity index (χ3n) is 3.51. The van der Waals surface area contributed by atoms with Gasteiger partial charge in [-0.1, -0.05) is 25.1 Å². The number of para-hydroxylation sites is 1. The number of hydrogen-bond acceptors (Lipinski definition) is 4. The van der Waals surface area contributed by atoms with E-state index in [-0.39, 0.29) is 0 Å². The Hall–Kier alpha value is -2.49. The van der Waals surface area contributed by atoms with Gasteiger partial charge in [0.15, 0.2) is 5.82 Å². The lowest BCUT2D eigenvalue weighted by Crippen LogP contribution is -2.04. The predicted octanol–water partition coefficient (Wildman–Crippen LogP) is 3.14. The molecule has 0 spiro atoms. The van der Waals surface area contributed by atoms with Crippen molar-refractivity contribution in [1.82, 2.24) is 15.0 Å². The smallest absolute Gasteiger partial charge is 0.162 e. The highest BCUT2D eigenvalue weighted by Gasteiger charge is 2.11. The summed E-state index contributed by atoms with van der Waals surface area (Å²) in [7, 11) is 0. The summed E-state index contributed by atoms with van der Waals surface area (Å²) in [6.45, 7) is 4.03. The zero-order valence-corrected chi connectivity index (χ0v) is 11.6. The van der Waals surface area contributed by atoms with E-state index in [9.17, 15) is 0 Å². The van der Waals surface area contributed by atoms with Gasteiger partial charge in [0.2, 0.25) is 0 Å². The molecule has 0 fully saturated rings. The van der Waals surface area contributed by atoms with Crippen LogP contribution in [0.15, 0.2) is 36.5 Å². The maximum atomic E-state index is 6.01. The first-order chi connectivity index (χ1) is 9.70. The fourth-order valence-corrected chi connectivity index (χ4v) is 2.34. The number of nitrogen functional groups attached to an aromatic ring is 1. The summed E-state index contributed by atoms with van der Waals surface area (Å²) in [6.07, 6.45) is 2.62. The molecule has 0 aliphatic carbocycles. The maximum absolute atomic E-state index is 6.01. The molecule has 0 unspecified atom stereocenters. The summed E-state index contributed by atoms with van der Waals surface area (Å²) in [5, 5.41) is 1.04. The Bertz CT molecular complexity index is 775. The van der Waals surface area contributed by atoms with Crippen molar-refractivity contribution in [1.29, 1.82) is 0 Å². The van der Waals surface area contributed by atoms with Gasteiger partial charge in [-0.25, -0.2) is 9.97 Å². The zero-order valence-electron chi connectivity index (χ0n) is 11.6. The number of aryl methyl sites for hydroxylation is 1. The normalized spacial score (nSPS) is 10.9. The number of nitrogens with zero attached hydrogens (tertiary/aromatic N) is 3. The van der Waals surface area contributed by atoms with Gasteiger partial charge >= 0.3 is 0 Å². The second-order valence-electron chi connectivity index (χ2n) is 4.73. The minimum Gasteiger partial charge on any atom is -0.383 e. The molecule has 0 aliphatic heterocycles. The number of aromatic nitrogens is 3. The van der Waals surface area contributed by atoms with Crippen molar-refractivity contribution >= 4 is 16.7 Å². The molecule has 20 heavy (non-hydrogen) atoms. The van der Waals surface area contributed by atoms with Crippen LogP contribution in [0.1, 0.15) is 18.2 Å². The van der Waals surface area contributed by atoms with Crippen LogP contribution in [0.3, 0.4) is 0 Å². The van der Waals surface area contributed by atoms with E-state index >= 15 is 0 Å². The Balaban J connectivity index is 2.28. The van der Waals surface area contributed by atoms with Gasteiger partial charge in [0, 0.05) is 28.4 Å². The Morgan fingerprint density at radius 2 is 1.90 bits per heavy atom. The summed E-state index contributed by atoms with van der Waals surface area (Å²) in [5.41, 5.74) is 9.88. The van der Waals surface area contributed by atoms with E-state index in [0.717, 1.165) is 34.1 Å². The summed E-state index contributed by atoms with van der Waals surface area (Å²) >= 11 is 0. The van der Waals surface area contributed by atoms with Crippen LogP contribution >= 0.6 is 0 Å². The standard InChI is InChI=1S/C16H16N4/c1-3-13-10(2)15(17)20-16(19-13)12-8-9-18-14-7-5-4-6-11(12)14/h4-9H,3H2,1-2H3,(H2,17,19,20). The molecule has 0 saturated carbocycles. The van der Waals surface area contributed by atoms with Gasteiger partial charge in [-0.05, 0) is 25.5 Å². The molecule has 2 N–H and O–H groups in total. The van der Waals surface area contributed by atoms with Crippen molar-refractivity contribution in [3.05, 3.63) is 47.8 Å². The molecule has 0 saturated heterocycles. The fraction of sp³-hybridized carbons (Fsp3) is 0.188. The number of anilines is 1. The fourth-order valence-electron chi connectivity index (χ4n) is 2.34. The highest BCUT2D eigenvalue weighted by atomic mass is 15.0. The van der Waals surface area contributed by atoms with Crippen molar-refractivity contribution in [2.24, 2.45) is 0 Å². The molecular formula is C16H16N4. The van der Waals surface area contributed by atoms with Crippen LogP contribution in [0.2, 0.25) is 0 Å². The van der Waals surface area contributed by atoms with Crippen LogP contribution in [-0.2, 0) is 6.42 Å². The molecule has 0 bridgehead atoms. The molecule has 1 aromatic carbocycles. The van der Waals surface area contributed by atoms with Gasteiger partial charge in [0.05, 0.1) is 5.52 Å². The van der Waals surface area contributed by atoms with Gasteiger partial charge in [0.25, 0.3) is 0 Å². The maximum Gasteiger partial charge on any atom is 0.162 e. The van der Waals surface area contributed by atoms with Crippen LogP contribution in [0, 0.1) is 6.92 Å². The number of benzene rings is 1. The highest BCUT2D eigenvalue weighted by molar-refractivity contribution is 5.92. The molecule has 2 aromatic heterocycles. The van der Waals surface area contributed by atoms with Crippen LogP contribution in [-0.4, -0.2) is 15.0 Å². The van der Waals surface area contributed by atoms with Crippen molar-refractivity contribution in [3.8, 4) is 11.4 Å². The molecule has 0 aliphatic rings. The summed E-state index contributed by atoms with van der Waals surface area (Å²) < 4.78 is 0. The van der Waals surface area contributed by atoms with Gasteiger partial charge in [0.1, 0.15) is 5.82 Å². The highest BCUT2D eigenvalue weighted by Crippen LogP contribution is 2.26. The quantitative estimate of drug-likeness (QED) is 0.772. The molecule has 100 valence electrons. The van der Waals surface area contributed by atoms with Gasteiger partial charge in [-0.3, -0.25) is 4.98 Å². The average molecular weight is 264 g/mol. The van der Waals surface area contributed by atoms with E-state index in [1.165, 1.54) is 0 Å². The van der Waals surface area contributed by atoms with Gasteiger partial charge in [-0.15, -0.1) is 0 Å². The van der Waals surface area contributed by atoms with Crippen molar-refractivity contribution < 1.29 is 0 Å². The molecule has 0 radical (unpaired) electrons. The first-order valence-corrected chi connectivity index (χ1v) is 6.67. The van der Waals surface area contributed by atoms with E-state index in [1.807, 2.05) is 37.3 Å². The lowest BCUT2D eigenvalue weighted by atomic mass is 10.1. The van der Waals surface area contributed by atoms with Crippen molar-refractivity contribution in [2.75, 3.05) is 5.73 Å². The average Bonchev–Trinajstić information content (AvgIpc) is 2.49. The molecule has 4 nitrogen and oxygen atoms in total. The number of fused-ring (bicyclic) bond motifs is 1. The van der Waals surface area contributed by atoms with Crippen LogP contribution in [0.25, 0.3) is 22.3 Å². The predicted molar refractivity (Wildman–Crippen MR) is 81.3 cm³/mol. The van der Waals surface area contributed by atoms with E-state index in [0.29, 0.717) is 11.6 Å². The lowest BCUT2D eigenvalue weighted by Gasteiger charge is -2.10. The SMILES string of the molecule is CCc1nc(-c2ccnc3ccccc23)nc(N)c1C. The Morgan fingerprint density at radius 1 is 1.10 bits per heavy atom. The second kappa shape index (κ2) is 4.89. The topological polar surface area (TPSA) is 64.7 Å². The first-order valence-electron chi connectivity index (χ1n) is 6.67. The first kappa shape index (κ1) is 12.5. The third kappa shape index (κ3) is 1.99. The molecular weight excluding hydrogens is 248 g/mol. The van der Waals surface area contributed by atoms with Gasteiger partial charge in [-0.2, -0.15) is 0 Å². The molecule has 0 atom stereocenters. The summed E-state index contributed by atoms with van der Waals surface area (Å²) in [4.78, 5) is 13.5. The third-order valence-corrected chi connectivity index (χ3v) is 3.51. The van der Waals surface area contributed by atoms with Crippen LogP contribution in [0.5, 0.6) is 0 Å². The van der Waals surface area contributed by atoms with E-state index in [4.69, 9.17) is 5.73 Å². The van der Waals surface area contributed by atoms with Crippen LogP contribution in [0.4, 0.5) is 5.82 Å². The minimum atomic E-state index is 0.549. The second-order valence-corrected chi connectivity index (χ2v) is 4.73. The van der Waals surface area contributed by atoms with Crippen molar-refractivity contribution in [2.45, 2.75) is 20.3 Å². The largest absolute Gasteiger partial charge is 0.383 e. The monoisotopic (exact) mass is 264 g/mol. The van der Waals surface area contributed by atoms with Crippen LogP contribution < -0.4 is 5.73 Å². The number of rotatable bonds is 2. The molecule has 4 heteroatoms. The number of hydrogen-bond donors (Lipinski definition) is 1. The van der Waals surface area contributed by atoms with E-state index in [1.54, 1.807) is 6.20 Å². The molecule has 2 heterocycles. The summed E-state index contributed by atoms with van der Waals surface area (Å²) in [6, 6.07) is 9.92. The molecule has 3 rings (SSSR count). The Labute approximate surface area is 117 Å².